The highest BCUT2D eigenvalue weighted by Crippen LogP contribution is 2.36. The number of anilines is 1. The van der Waals surface area contributed by atoms with Crippen molar-refractivity contribution in [2.75, 3.05) is 38.6 Å². The smallest absolute Gasteiger partial charge is 0.234 e. The summed E-state index contributed by atoms with van der Waals surface area (Å²) in [6.07, 6.45) is 5.11. The molecule has 6 nitrogen and oxygen atoms in total. The molecule has 2 aliphatic heterocycles. The van der Waals surface area contributed by atoms with Crippen LogP contribution in [0.5, 0.6) is 0 Å². The molecule has 0 spiro atoms. The summed E-state index contributed by atoms with van der Waals surface area (Å²) in [6, 6.07) is 5.54. The van der Waals surface area contributed by atoms with Crippen LogP contribution in [0.4, 0.5) is 5.69 Å². The van der Waals surface area contributed by atoms with Gasteiger partial charge in [0, 0.05) is 24.7 Å². The van der Waals surface area contributed by atoms with E-state index >= 15 is 0 Å². The monoisotopic (exact) mass is 419 g/mol. The Balaban J connectivity index is 1.80. The molecule has 0 radical (unpaired) electrons. The number of halogens is 1. The van der Waals surface area contributed by atoms with Gasteiger partial charge in [0.2, 0.25) is 11.0 Å². The van der Waals surface area contributed by atoms with Crippen molar-refractivity contribution in [1.29, 1.82) is 0 Å². The van der Waals surface area contributed by atoms with Crippen LogP contribution in [-0.2, 0) is 14.4 Å². The summed E-state index contributed by atoms with van der Waals surface area (Å²) in [5, 5.41) is 3.46. The van der Waals surface area contributed by atoms with Gasteiger partial charge < -0.3 is 15.1 Å². The fourth-order valence-electron chi connectivity index (χ4n) is 3.28. The molecule has 1 fully saturated rings. The molecule has 0 bridgehead atoms. The van der Waals surface area contributed by atoms with E-state index in [2.05, 4.69) is 10.2 Å². The van der Waals surface area contributed by atoms with Crippen molar-refractivity contribution in [2.24, 2.45) is 0 Å². The number of ketones is 1. The third-order valence-corrected chi connectivity index (χ3v) is 5.64. The Morgan fingerprint density at radius 1 is 1.36 bits per heavy atom. The summed E-state index contributed by atoms with van der Waals surface area (Å²) in [4.78, 5) is 40.1. The quantitative estimate of drug-likeness (QED) is 0.739. The van der Waals surface area contributed by atoms with Gasteiger partial charge in [0.1, 0.15) is 0 Å². The van der Waals surface area contributed by atoms with Crippen molar-refractivity contribution in [2.45, 2.75) is 12.5 Å². The Kier molecular flexibility index (Phi) is 6.59. The number of rotatable bonds is 5. The summed E-state index contributed by atoms with van der Waals surface area (Å²) in [7, 11) is 3.71. The predicted molar refractivity (Wildman–Crippen MR) is 113 cm³/mol. The first-order chi connectivity index (χ1) is 13.3. The number of allylic oxidation sites excluding steroid dienone is 2. The van der Waals surface area contributed by atoms with Gasteiger partial charge in [0.25, 0.3) is 0 Å². The van der Waals surface area contributed by atoms with E-state index in [0.29, 0.717) is 23.0 Å². The zero-order valence-corrected chi connectivity index (χ0v) is 17.3. The number of hydrogen-bond acceptors (Lipinski definition) is 6. The molecule has 2 aliphatic rings. The van der Waals surface area contributed by atoms with E-state index in [-0.39, 0.29) is 22.8 Å². The molecule has 1 unspecified atom stereocenters. The molecule has 28 heavy (non-hydrogen) atoms. The Morgan fingerprint density at radius 2 is 2.14 bits per heavy atom. The highest BCUT2D eigenvalue weighted by atomic mass is 35.5. The van der Waals surface area contributed by atoms with E-state index < -0.39 is 0 Å². The highest BCUT2D eigenvalue weighted by molar-refractivity contribution is 8.18. The Bertz CT molecular complexity index is 866. The molecule has 1 atom stereocenters. The summed E-state index contributed by atoms with van der Waals surface area (Å²) < 4.78 is 0. The van der Waals surface area contributed by atoms with E-state index in [1.54, 1.807) is 12.1 Å². The van der Waals surface area contributed by atoms with Crippen molar-refractivity contribution in [3.05, 3.63) is 45.8 Å². The predicted octanol–water partition coefficient (Wildman–Crippen LogP) is 2.34. The maximum Gasteiger partial charge on any atom is 0.234 e. The van der Waals surface area contributed by atoms with Gasteiger partial charge >= 0.3 is 0 Å². The van der Waals surface area contributed by atoms with Crippen LogP contribution in [0.3, 0.4) is 0 Å². The second kappa shape index (κ2) is 8.94. The number of carbonyl (C=O) groups is 3. The zero-order chi connectivity index (χ0) is 20.3. The zero-order valence-electron chi connectivity index (χ0n) is 15.8. The summed E-state index contributed by atoms with van der Waals surface area (Å²) in [5.41, 5.74) is 1.60. The lowest BCUT2D eigenvalue weighted by Gasteiger charge is -2.23. The Hall–Kier alpha value is -2.09. The molecule has 3 rings (SSSR count). The summed E-state index contributed by atoms with van der Waals surface area (Å²) in [5.74, 6) is -0.196. The number of para-hydroxylation sites is 1. The fraction of sp³-hybridized carbons (Fsp3) is 0.350. The van der Waals surface area contributed by atoms with E-state index in [9.17, 15) is 14.4 Å². The normalized spacial score (nSPS) is 21.1. The van der Waals surface area contributed by atoms with Gasteiger partial charge in [0.05, 0.1) is 22.2 Å². The first kappa shape index (κ1) is 20.6. The molecular weight excluding hydrogens is 398 g/mol. The van der Waals surface area contributed by atoms with Gasteiger partial charge in [-0.15, -0.1) is 0 Å². The fourth-order valence-corrected chi connectivity index (χ4v) is 4.29. The van der Waals surface area contributed by atoms with E-state index in [4.69, 9.17) is 11.6 Å². The third kappa shape index (κ3) is 5.04. The molecular formula is C20H22ClN3O3S. The van der Waals surface area contributed by atoms with Crippen LogP contribution < -0.4 is 10.2 Å². The lowest BCUT2D eigenvalue weighted by molar-refractivity contribution is -0.122. The molecule has 1 aromatic carbocycles. The maximum absolute atomic E-state index is 12.1. The topological polar surface area (TPSA) is 69.7 Å². The molecule has 0 aliphatic carbocycles. The van der Waals surface area contributed by atoms with Crippen LogP contribution in [0.2, 0.25) is 5.02 Å². The summed E-state index contributed by atoms with van der Waals surface area (Å²) in [6.45, 7) is 1.73. The van der Waals surface area contributed by atoms with Crippen molar-refractivity contribution in [1.82, 2.24) is 10.2 Å². The van der Waals surface area contributed by atoms with Gasteiger partial charge in [-0.05, 0) is 56.6 Å². The van der Waals surface area contributed by atoms with Gasteiger partial charge in [-0.1, -0.05) is 23.7 Å². The molecule has 1 aromatic rings. The second-order valence-electron chi connectivity index (χ2n) is 7.04. The van der Waals surface area contributed by atoms with Crippen molar-refractivity contribution < 1.29 is 14.4 Å². The minimum atomic E-state index is -0.189. The SMILES string of the molecule is CN(C)CC(=O)NC1CCN(c2c(Cl)cccc2C=C2SC(=O)C=CC2=O)C1. The average molecular weight is 420 g/mol. The van der Waals surface area contributed by atoms with Crippen LogP contribution in [0, 0.1) is 0 Å². The van der Waals surface area contributed by atoms with Crippen molar-refractivity contribution in [3.63, 3.8) is 0 Å². The Labute approximate surface area is 173 Å². The number of benzene rings is 1. The minimum absolute atomic E-state index is 0.00662. The number of carbonyl (C=O) groups excluding carboxylic acids is 3. The van der Waals surface area contributed by atoms with E-state index in [1.165, 1.54) is 12.2 Å². The number of thioether (sulfide) groups is 1. The number of hydrogen-bond donors (Lipinski definition) is 1. The highest BCUT2D eigenvalue weighted by Gasteiger charge is 2.27. The number of nitrogens with one attached hydrogen (secondary N) is 1. The average Bonchev–Trinajstić information content (AvgIpc) is 3.05. The number of likely N-dealkylation sites (N-methyl/N-ethyl adjacent to an activating group) is 1. The van der Waals surface area contributed by atoms with Crippen molar-refractivity contribution >= 4 is 51.9 Å². The van der Waals surface area contributed by atoms with Gasteiger partial charge in [0.15, 0.2) is 5.78 Å². The molecule has 1 amide bonds. The molecule has 1 saturated heterocycles. The van der Waals surface area contributed by atoms with E-state index in [0.717, 1.165) is 36.0 Å². The van der Waals surface area contributed by atoms with Gasteiger partial charge in [-0.25, -0.2) is 0 Å². The lowest BCUT2D eigenvalue weighted by Crippen LogP contribution is -2.41. The first-order valence-electron chi connectivity index (χ1n) is 8.97. The second-order valence-corrected chi connectivity index (χ2v) is 8.50. The minimum Gasteiger partial charge on any atom is -0.368 e. The Morgan fingerprint density at radius 3 is 2.89 bits per heavy atom. The van der Waals surface area contributed by atoms with Crippen LogP contribution in [0.25, 0.3) is 6.08 Å². The first-order valence-corrected chi connectivity index (χ1v) is 10.2. The van der Waals surface area contributed by atoms with E-state index in [1.807, 2.05) is 31.1 Å². The van der Waals surface area contributed by atoms with Crippen LogP contribution in [0.1, 0.15) is 12.0 Å². The number of nitrogens with zero attached hydrogens (tertiary/aromatic N) is 2. The molecule has 0 aromatic heterocycles. The van der Waals surface area contributed by atoms with Gasteiger partial charge in [-0.3, -0.25) is 14.4 Å². The molecule has 2 heterocycles. The largest absolute Gasteiger partial charge is 0.368 e. The maximum atomic E-state index is 12.1. The van der Waals surface area contributed by atoms with Crippen LogP contribution in [0.15, 0.2) is 35.3 Å². The third-order valence-electron chi connectivity index (χ3n) is 4.46. The standard InChI is InChI=1S/C20H22ClN3O3S/c1-23(2)12-18(26)22-14-8-9-24(11-14)20-13(4-3-5-15(20)21)10-17-16(25)6-7-19(27)28-17/h3-7,10,14H,8-9,11-12H2,1-2H3,(H,22,26). The lowest BCUT2D eigenvalue weighted by atomic mass is 10.1. The summed E-state index contributed by atoms with van der Waals surface area (Å²) >= 11 is 7.40. The van der Waals surface area contributed by atoms with Crippen molar-refractivity contribution in [3.8, 4) is 0 Å². The van der Waals surface area contributed by atoms with Crippen LogP contribution in [-0.4, -0.2) is 61.5 Å². The molecule has 148 valence electrons. The molecule has 0 saturated carbocycles. The molecule has 1 N–H and O–H groups in total. The number of amides is 1. The van der Waals surface area contributed by atoms with Crippen LogP contribution >= 0.6 is 23.4 Å². The van der Waals surface area contributed by atoms with Gasteiger partial charge in [-0.2, -0.15) is 0 Å². The molecule has 8 heteroatoms.